The minimum Gasteiger partial charge on any atom is -0.383 e. The van der Waals surface area contributed by atoms with Gasteiger partial charge in [-0.1, -0.05) is 13.8 Å². The van der Waals surface area contributed by atoms with Gasteiger partial charge in [0.15, 0.2) is 0 Å². The Morgan fingerprint density at radius 1 is 1.36 bits per heavy atom. The quantitative estimate of drug-likeness (QED) is 0.720. The number of nitrogen functional groups attached to an aromatic ring is 1. The highest BCUT2D eigenvalue weighted by Crippen LogP contribution is 2.20. The van der Waals surface area contributed by atoms with E-state index in [-0.39, 0.29) is 17.3 Å². The van der Waals surface area contributed by atoms with Crippen LogP contribution in [0.1, 0.15) is 41.6 Å². The molecule has 0 fully saturated rings. The zero-order valence-electron chi connectivity index (χ0n) is 8.53. The molecule has 0 bridgehead atoms. The van der Waals surface area contributed by atoms with Crippen molar-refractivity contribution in [1.82, 2.24) is 9.97 Å². The Kier molecular flexibility index (Phi) is 2.69. The fourth-order valence-corrected chi connectivity index (χ4v) is 1.29. The van der Waals surface area contributed by atoms with E-state index in [0.29, 0.717) is 11.5 Å². The second-order valence-corrected chi connectivity index (χ2v) is 3.44. The highest BCUT2D eigenvalue weighted by Gasteiger charge is 2.17. The molecule has 0 aliphatic carbocycles. The second-order valence-electron chi connectivity index (χ2n) is 3.44. The number of hydrogen-bond donors (Lipinski definition) is 2. The first-order valence-corrected chi connectivity index (χ1v) is 4.37. The molecular weight excluding hydrogens is 180 g/mol. The summed E-state index contributed by atoms with van der Waals surface area (Å²) < 4.78 is 0. The van der Waals surface area contributed by atoms with Crippen LogP contribution in [0.15, 0.2) is 0 Å². The van der Waals surface area contributed by atoms with Crippen molar-refractivity contribution in [3.05, 3.63) is 17.1 Å². The fraction of sp³-hybridized carbons (Fsp3) is 0.444. The predicted octanol–water partition coefficient (Wildman–Crippen LogP) is 0.590. The number of nitrogens with zero attached hydrogens (tertiary/aromatic N) is 2. The van der Waals surface area contributed by atoms with Crippen molar-refractivity contribution in [3.63, 3.8) is 0 Å². The topological polar surface area (TPSA) is 94.9 Å². The molecular formula is C9H14N4O. The maximum atomic E-state index is 11.1. The number of nitrogens with two attached hydrogens (primary N) is 2. The largest absolute Gasteiger partial charge is 0.383 e. The van der Waals surface area contributed by atoms with E-state index in [1.54, 1.807) is 6.92 Å². The van der Waals surface area contributed by atoms with Gasteiger partial charge in [-0.15, -0.1) is 0 Å². The van der Waals surface area contributed by atoms with Crippen LogP contribution in [0.25, 0.3) is 0 Å². The zero-order valence-corrected chi connectivity index (χ0v) is 8.53. The Morgan fingerprint density at radius 3 is 2.36 bits per heavy atom. The number of amides is 1. The number of carbonyl (C=O) groups is 1. The Balaban J connectivity index is 3.44. The highest BCUT2D eigenvalue weighted by molar-refractivity contribution is 5.98. The molecule has 0 saturated carbocycles. The molecule has 0 radical (unpaired) electrons. The summed E-state index contributed by atoms with van der Waals surface area (Å²) in [4.78, 5) is 19.2. The maximum Gasteiger partial charge on any atom is 0.254 e. The summed E-state index contributed by atoms with van der Waals surface area (Å²) in [6.07, 6.45) is 0. The second kappa shape index (κ2) is 3.61. The molecule has 76 valence electrons. The third kappa shape index (κ3) is 1.81. The van der Waals surface area contributed by atoms with Gasteiger partial charge in [-0.05, 0) is 12.8 Å². The van der Waals surface area contributed by atoms with Crippen LogP contribution in [0.2, 0.25) is 0 Å². The lowest BCUT2D eigenvalue weighted by molar-refractivity contribution is 0.0999. The van der Waals surface area contributed by atoms with Gasteiger partial charge in [-0.25, -0.2) is 9.97 Å². The van der Waals surface area contributed by atoms with Crippen molar-refractivity contribution in [3.8, 4) is 0 Å². The van der Waals surface area contributed by atoms with Crippen LogP contribution in [0.4, 0.5) is 5.82 Å². The standard InChI is InChI=1S/C9H14N4O/c1-4(2)7-6(9(11)14)8(10)13-5(3)12-7/h4H,1-3H3,(H2,11,14)(H2,10,12,13). The van der Waals surface area contributed by atoms with E-state index in [9.17, 15) is 4.79 Å². The van der Waals surface area contributed by atoms with Crippen LogP contribution in [0.3, 0.4) is 0 Å². The van der Waals surface area contributed by atoms with Crippen LogP contribution in [-0.4, -0.2) is 15.9 Å². The summed E-state index contributed by atoms with van der Waals surface area (Å²) in [6, 6.07) is 0. The lowest BCUT2D eigenvalue weighted by Crippen LogP contribution is -2.19. The molecule has 0 atom stereocenters. The minimum absolute atomic E-state index is 0.0986. The molecule has 4 N–H and O–H groups in total. The van der Waals surface area contributed by atoms with Gasteiger partial charge < -0.3 is 11.5 Å². The molecule has 14 heavy (non-hydrogen) atoms. The maximum absolute atomic E-state index is 11.1. The minimum atomic E-state index is -0.578. The number of primary amides is 1. The number of carbonyl (C=O) groups excluding carboxylic acids is 1. The first kappa shape index (κ1) is 10.4. The number of anilines is 1. The molecule has 0 aromatic carbocycles. The van der Waals surface area contributed by atoms with E-state index in [0.717, 1.165) is 0 Å². The van der Waals surface area contributed by atoms with Gasteiger partial charge in [0.05, 0.1) is 5.69 Å². The van der Waals surface area contributed by atoms with Gasteiger partial charge >= 0.3 is 0 Å². The molecule has 1 rings (SSSR count). The Morgan fingerprint density at radius 2 is 1.93 bits per heavy atom. The van der Waals surface area contributed by atoms with E-state index in [2.05, 4.69) is 9.97 Å². The molecule has 0 saturated heterocycles. The summed E-state index contributed by atoms with van der Waals surface area (Å²) >= 11 is 0. The van der Waals surface area contributed by atoms with E-state index in [1.165, 1.54) is 0 Å². The molecule has 5 nitrogen and oxygen atoms in total. The van der Waals surface area contributed by atoms with Crippen molar-refractivity contribution >= 4 is 11.7 Å². The zero-order chi connectivity index (χ0) is 10.9. The fourth-order valence-electron chi connectivity index (χ4n) is 1.29. The van der Waals surface area contributed by atoms with Gasteiger partial charge in [0, 0.05) is 0 Å². The summed E-state index contributed by atoms with van der Waals surface area (Å²) in [5, 5.41) is 0. The lowest BCUT2D eigenvalue weighted by atomic mass is 10.0. The van der Waals surface area contributed by atoms with E-state index in [1.807, 2.05) is 13.8 Å². The Bertz CT molecular complexity index is 373. The molecule has 1 heterocycles. The van der Waals surface area contributed by atoms with Crippen LogP contribution in [0.5, 0.6) is 0 Å². The lowest BCUT2D eigenvalue weighted by Gasteiger charge is -2.11. The van der Waals surface area contributed by atoms with E-state index >= 15 is 0 Å². The number of aryl methyl sites for hydroxylation is 1. The normalized spacial score (nSPS) is 10.6. The molecule has 1 amide bonds. The van der Waals surface area contributed by atoms with E-state index in [4.69, 9.17) is 11.5 Å². The van der Waals surface area contributed by atoms with Crippen molar-refractivity contribution in [2.75, 3.05) is 5.73 Å². The SMILES string of the molecule is Cc1nc(N)c(C(N)=O)c(C(C)C)n1. The molecule has 0 aliphatic rings. The van der Waals surface area contributed by atoms with Crippen LogP contribution in [-0.2, 0) is 0 Å². The number of hydrogen-bond acceptors (Lipinski definition) is 4. The summed E-state index contributed by atoms with van der Waals surface area (Å²) in [5.41, 5.74) is 11.7. The Hall–Kier alpha value is -1.65. The number of aromatic nitrogens is 2. The predicted molar refractivity (Wildman–Crippen MR) is 53.8 cm³/mol. The van der Waals surface area contributed by atoms with E-state index < -0.39 is 5.91 Å². The molecule has 1 aromatic heterocycles. The van der Waals surface area contributed by atoms with Gasteiger partial charge in [-0.3, -0.25) is 4.79 Å². The summed E-state index contributed by atoms with van der Waals surface area (Å²) in [6.45, 7) is 5.58. The third-order valence-electron chi connectivity index (χ3n) is 1.87. The van der Waals surface area contributed by atoms with Gasteiger partial charge in [0.1, 0.15) is 17.2 Å². The molecule has 1 aromatic rings. The first-order valence-electron chi connectivity index (χ1n) is 4.37. The van der Waals surface area contributed by atoms with Crippen molar-refractivity contribution in [2.24, 2.45) is 5.73 Å². The molecule has 0 unspecified atom stereocenters. The average Bonchev–Trinajstić information content (AvgIpc) is 2.01. The van der Waals surface area contributed by atoms with Gasteiger partial charge in [0.25, 0.3) is 5.91 Å². The third-order valence-corrected chi connectivity index (χ3v) is 1.87. The van der Waals surface area contributed by atoms with Crippen LogP contribution >= 0.6 is 0 Å². The Labute approximate surface area is 82.5 Å². The summed E-state index contributed by atoms with van der Waals surface area (Å²) in [7, 11) is 0. The van der Waals surface area contributed by atoms with Crippen molar-refractivity contribution in [2.45, 2.75) is 26.7 Å². The smallest absolute Gasteiger partial charge is 0.254 e. The highest BCUT2D eigenvalue weighted by atomic mass is 16.1. The van der Waals surface area contributed by atoms with Crippen LogP contribution < -0.4 is 11.5 Å². The van der Waals surface area contributed by atoms with Gasteiger partial charge in [-0.2, -0.15) is 0 Å². The van der Waals surface area contributed by atoms with Gasteiger partial charge in [0.2, 0.25) is 0 Å². The summed E-state index contributed by atoms with van der Waals surface area (Å²) in [5.74, 6) is 0.234. The van der Waals surface area contributed by atoms with Crippen molar-refractivity contribution < 1.29 is 4.79 Å². The monoisotopic (exact) mass is 194 g/mol. The molecule has 5 heteroatoms. The van der Waals surface area contributed by atoms with Crippen molar-refractivity contribution in [1.29, 1.82) is 0 Å². The number of rotatable bonds is 2. The van der Waals surface area contributed by atoms with Crippen LogP contribution in [0, 0.1) is 6.92 Å². The molecule has 0 aliphatic heterocycles. The first-order chi connectivity index (χ1) is 6.43. The average molecular weight is 194 g/mol. The molecule has 0 spiro atoms.